The summed E-state index contributed by atoms with van der Waals surface area (Å²) in [6.07, 6.45) is 2.31. The number of nitrogens with zero attached hydrogens (tertiary/aromatic N) is 1. The number of ether oxygens (including phenoxy) is 1. The van der Waals surface area contributed by atoms with E-state index in [1.54, 1.807) is 6.33 Å². The van der Waals surface area contributed by atoms with Crippen LogP contribution in [0.1, 0.15) is 25.2 Å². The van der Waals surface area contributed by atoms with E-state index in [2.05, 4.69) is 34.4 Å². The lowest BCUT2D eigenvalue weighted by Gasteiger charge is -2.22. The van der Waals surface area contributed by atoms with Crippen molar-refractivity contribution < 1.29 is 9.53 Å². The minimum atomic E-state index is -0.194. The molecule has 0 spiro atoms. The summed E-state index contributed by atoms with van der Waals surface area (Å²) < 4.78 is 5.42. The fraction of sp³-hybridized carbons (Fsp3) is 0.692. The molecule has 3 N–H and O–H groups in total. The minimum Gasteiger partial charge on any atom is -0.379 e. The Morgan fingerprint density at radius 2 is 2.47 bits per heavy atom. The molecule has 6 heteroatoms. The molecule has 1 aliphatic rings. The number of aromatic nitrogens is 2. The lowest BCUT2D eigenvalue weighted by Crippen LogP contribution is -2.48. The van der Waals surface area contributed by atoms with Gasteiger partial charge in [0.15, 0.2) is 0 Å². The second kappa shape index (κ2) is 6.68. The summed E-state index contributed by atoms with van der Waals surface area (Å²) in [6, 6.07) is -0.194. The maximum Gasteiger partial charge on any atom is 0.237 e. The van der Waals surface area contributed by atoms with Crippen LogP contribution < -0.4 is 10.6 Å². The van der Waals surface area contributed by atoms with E-state index in [-0.39, 0.29) is 11.9 Å². The lowest BCUT2D eigenvalue weighted by atomic mass is 10.0. The van der Waals surface area contributed by atoms with Crippen molar-refractivity contribution in [2.75, 3.05) is 19.8 Å². The van der Waals surface area contributed by atoms with Crippen LogP contribution >= 0.6 is 0 Å². The SMILES string of the molecule is CC(C)COCCNC(=O)C1Cc2nc[nH]c2CN1. The first-order chi connectivity index (χ1) is 9.16. The maximum absolute atomic E-state index is 12.0. The topological polar surface area (TPSA) is 79.0 Å². The molecule has 0 saturated heterocycles. The van der Waals surface area contributed by atoms with Gasteiger partial charge in [0, 0.05) is 26.1 Å². The number of fused-ring (bicyclic) bond motifs is 1. The number of amides is 1. The van der Waals surface area contributed by atoms with E-state index < -0.39 is 0 Å². The first-order valence-electron chi connectivity index (χ1n) is 6.76. The van der Waals surface area contributed by atoms with E-state index in [0.29, 0.717) is 32.0 Å². The van der Waals surface area contributed by atoms with Crippen molar-refractivity contribution in [2.45, 2.75) is 32.9 Å². The second-order valence-electron chi connectivity index (χ2n) is 5.23. The number of hydrogen-bond acceptors (Lipinski definition) is 4. The van der Waals surface area contributed by atoms with Gasteiger partial charge in [0.05, 0.1) is 30.4 Å². The summed E-state index contributed by atoms with van der Waals surface area (Å²) >= 11 is 0. The number of rotatable bonds is 6. The molecule has 1 aliphatic heterocycles. The predicted molar refractivity (Wildman–Crippen MR) is 71.6 cm³/mol. The summed E-state index contributed by atoms with van der Waals surface area (Å²) in [6.45, 7) is 6.71. The normalized spacial score (nSPS) is 18.4. The maximum atomic E-state index is 12.0. The number of nitrogens with one attached hydrogen (secondary N) is 3. The van der Waals surface area contributed by atoms with Gasteiger partial charge in [-0.25, -0.2) is 4.98 Å². The summed E-state index contributed by atoms with van der Waals surface area (Å²) in [5.74, 6) is 0.538. The van der Waals surface area contributed by atoms with Crippen LogP contribution in [0.25, 0.3) is 0 Å². The molecule has 1 aromatic rings. The zero-order chi connectivity index (χ0) is 13.7. The van der Waals surface area contributed by atoms with Crippen LogP contribution in [-0.2, 0) is 22.5 Å². The molecule has 106 valence electrons. The van der Waals surface area contributed by atoms with Crippen LogP contribution in [0.4, 0.5) is 0 Å². The fourth-order valence-electron chi connectivity index (χ4n) is 2.04. The quantitative estimate of drug-likeness (QED) is 0.643. The third kappa shape index (κ3) is 4.04. The number of H-pyrrole nitrogens is 1. The van der Waals surface area contributed by atoms with Crippen LogP contribution in [0.2, 0.25) is 0 Å². The summed E-state index contributed by atoms with van der Waals surface area (Å²) in [4.78, 5) is 19.2. The van der Waals surface area contributed by atoms with Gasteiger partial charge in [0.1, 0.15) is 0 Å². The van der Waals surface area contributed by atoms with E-state index in [0.717, 1.165) is 18.0 Å². The van der Waals surface area contributed by atoms with Gasteiger partial charge in [0.2, 0.25) is 5.91 Å². The molecule has 0 saturated carbocycles. The zero-order valence-electron chi connectivity index (χ0n) is 11.5. The average Bonchev–Trinajstić information content (AvgIpc) is 2.84. The van der Waals surface area contributed by atoms with Crippen LogP contribution in [0.15, 0.2) is 6.33 Å². The third-order valence-electron chi connectivity index (χ3n) is 3.04. The molecule has 0 fully saturated rings. The molecule has 0 radical (unpaired) electrons. The Morgan fingerprint density at radius 3 is 3.26 bits per heavy atom. The molecule has 2 rings (SSSR count). The highest BCUT2D eigenvalue weighted by Crippen LogP contribution is 2.11. The van der Waals surface area contributed by atoms with Crippen LogP contribution in [0.5, 0.6) is 0 Å². The van der Waals surface area contributed by atoms with Crippen molar-refractivity contribution in [3.05, 3.63) is 17.7 Å². The number of carbonyl (C=O) groups is 1. The van der Waals surface area contributed by atoms with Crippen molar-refractivity contribution in [3.63, 3.8) is 0 Å². The first-order valence-corrected chi connectivity index (χ1v) is 6.76. The van der Waals surface area contributed by atoms with E-state index in [4.69, 9.17) is 4.74 Å². The summed E-state index contributed by atoms with van der Waals surface area (Å²) in [7, 11) is 0. The molecule has 6 nitrogen and oxygen atoms in total. The number of hydrogen-bond donors (Lipinski definition) is 3. The zero-order valence-corrected chi connectivity index (χ0v) is 11.5. The van der Waals surface area contributed by atoms with Gasteiger partial charge in [-0.05, 0) is 5.92 Å². The van der Waals surface area contributed by atoms with E-state index >= 15 is 0 Å². The molecule has 1 amide bonds. The third-order valence-corrected chi connectivity index (χ3v) is 3.04. The Balaban J connectivity index is 1.67. The van der Waals surface area contributed by atoms with Crippen LogP contribution in [0.3, 0.4) is 0 Å². The van der Waals surface area contributed by atoms with E-state index in [9.17, 15) is 4.79 Å². The summed E-state index contributed by atoms with van der Waals surface area (Å²) in [5, 5.41) is 6.08. The van der Waals surface area contributed by atoms with Gasteiger partial charge in [-0.1, -0.05) is 13.8 Å². The highest BCUT2D eigenvalue weighted by molar-refractivity contribution is 5.82. The first kappa shape index (κ1) is 14.0. The fourth-order valence-corrected chi connectivity index (χ4v) is 2.04. The predicted octanol–water partition coefficient (Wildman–Crippen LogP) is 0.213. The molecule has 2 heterocycles. The molecule has 19 heavy (non-hydrogen) atoms. The highest BCUT2D eigenvalue weighted by Gasteiger charge is 2.25. The number of carbonyl (C=O) groups excluding carboxylic acids is 1. The van der Waals surface area contributed by atoms with Gasteiger partial charge in [-0.3, -0.25) is 10.1 Å². The molecule has 0 bridgehead atoms. The standard InChI is InChI=1S/C13H22N4O2/c1-9(2)7-19-4-3-14-13(18)11-5-10-12(6-15-11)17-8-16-10/h8-9,11,15H,3-7H2,1-2H3,(H,14,18)(H,16,17). The Hall–Kier alpha value is -1.40. The van der Waals surface area contributed by atoms with Gasteiger partial charge < -0.3 is 15.0 Å². The monoisotopic (exact) mass is 266 g/mol. The van der Waals surface area contributed by atoms with Crippen molar-refractivity contribution in [1.29, 1.82) is 0 Å². The second-order valence-corrected chi connectivity index (χ2v) is 5.23. The number of aromatic amines is 1. The van der Waals surface area contributed by atoms with Crippen LogP contribution in [0, 0.1) is 5.92 Å². The van der Waals surface area contributed by atoms with E-state index in [1.807, 2.05) is 0 Å². The smallest absolute Gasteiger partial charge is 0.237 e. The molecular weight excluding hydrogens is 244 g/mol. The van der Waals surface area contributed by atoms with Crippen LogP contribution in [-0.4, -0.2) is 41.7 Å². The lowest BCUT2D eigenvalue weighted by molar-refractivity contribution is -0.123. The Labute approximate surface area is 113 Å². The Kier molecular flexibility index (Phi) is 4.93. The van der Waals surface area contributed by atoms with Gasteiger partial charge in [-0.15, -0.1) is 0 Å². The number of imidazole rings is 1. The van der Waals surface area contributed by atoms with Crippen molar-refractivity contribution in [1.82, 2.24) is 20.6 Å². The molecule has 1 unspecified atom stereocenters. The van der Waals surface area contributed by atoms with Crippen molar-refractivity contribution in [3.8, 4) is 0 Å². The highest BCUT2D eigenvalue weighted by atomic mass is 16.5. The largest absolute Gasteiger partial charge is 0.379 e. The minimum absolute atomic E-state index is 0.0156. The molecule has 1 aromatic heterocycles. The molecular formula is C13H22N4O2. The molecule has 1 atom stereocenters. The van der Waals surface area contributed by atoms with E-state index in [1.165, 1.54) is 0 Å². The van der Waals surface area contributed by atoms with Gasteiger partial charge >= 0.3 is 0 Å². The molecule has 0 aliphatic carbocycles. The molecule has 0 aromatic carbocycles. The van der Waals surface area contributed by atoms with Crippen molar-refractivity contribution >= 4 is 5.91 Å². The van der Waals surface area contributed by atoms with Crippen molar-refractivity contribution in [2.24, 2.45) is 5.92 Å². The Bertz CT molecular complexity index is 417. The average molecular weight is 266 g/mol. The summed E-state index contributed by atoms with van der Waals surface area (Å²) in [5.41, 5.74) is 2.05. The van der Waals surface area contributed by atoms with Gasteiger partial charge in [-0.2, -0.15) is 0 Å². The Morgan fingerprint density at radius 1 is 1.63 bits per heavy atom. The van der Waals surface area contributed by atoms with Gasteiger partial charge in [0.25, 0.3) is 0 Å².